The second kappa shape index (κ2) is 6.36. The third kappa shape index (κ3) is 3.06. The van der Waals surface area contributed by atoms with Crippen LogP contribution in [0.25, 0.3) is 0 Å². The number of aromatic nitrogens is 1. The van der Waals surface area contributed by atoms with Crippen LogP contribution in [0.4, 0.5) is 0 Å². The molecule has 3 rings (SSSR count). The summed E-state index contributed by atoms with van der Waals surface area (Å²) in [6.45, 7) is 1.11. The van der Waals surface area contributed by atoms with Gasteiger partial charge in [0.05, 0.1) is 25.8 Å². The van der Waals surface area contributed by atoms with Crippen molar-refractivity contribution in [3.8, 4) is 11.6 Å². The molecule has 0 atom stereocenters. The summed E-state index contributed by atoms with van der Waals surface area (Å²) in [5.41, 5.74) is 0.593. The van der Waals surface area contributed by atoms with Gasteiger partial charge in [-0.25, -0.2) is 4.98 Å². The van der Waals surface area contributed by atoms with Gasteiger partial charge in [0.25, 0.3) is 5.91 Å². The third-order valence-electron chi connectivity index (χ3n) is 3.46. The molecule has 0 aliphatic carbocycles. The maximum atomic E-state index is 12.5. The number of amides is 1. The van der Waals surface area contributed by atoms with E-state index < -0.39 is 0 Å². The molecule has 0 spiro atoms. The molecular weight excluding hydrogens is 348 g/mol. The Balaban J connectivity index is 1.62. The van der Waals surface area contributed by atoms with Gasteiger partial charge in [0.15, 0.2) is 0 Å². The van der Waals surface area contributed by atoms with Gasteiger partial charge in [-0.05, 0) is 40.2 Å². The van der Waals surface area contributed by atoms with Gasteiger partial charge in [0.1, 0.15) is 11.9 Å². The molecule has 0 saturated carbocycles. The number of halogens is 1. The van der Waals surface area contributed by atoms with Crippen LogP contribution in [0.5, 0.6) is 11.6 Å². The number of hydrogen-bond acceptors (Lipinski definition) is 4. The van der Waals surface area contributed by atoms with Gasteiger partial charge in [-0.15, -0.1) is 0 Å². The minimum absolute atomic E-state index is 0.0109. The maximum Gasteiger partial charge on any atom is 0.255 e. The first-order valence-electron chi connectivity index (χ1n) is 6.88. The van der Waals surface area contributed by atoms with Crippen molar-refractivity contribution in [2.75, 3.05) is 20.2 Å². The van der Waals surface area contributed by atoms with Crippen LogP contribution in [0, 0.1) is 0 Å². The van der Waals surface area contributed by atoms with Gasteiger partial charge in [0, 0.05) is 16.7 Å². The molecule has 1 aliphatic heterocycles. The monoisotopic (exact) mass is 362 g/mol. The molecule has 22 heavy (non-hydrogen) atoms. The van der Waals surface area contributed by atoms with Crippen LogP contribution < -0.4 is 9.47 Å². The average molecular weight is 363 g/mol. The van der Waals surface area contributed by atoms with E-state index >= 15 is 0 Å². The van der Waals surface area contributed by atoms with Crippen molar-refractivity contribution in [3.05, 3.63) is 52.6 Å². The standard InChI is InChI=1S/C16H15BrN2O3/c1-21-11-5-6-14(17)13(8-11)16(20)19-9-12(10-19)22-15-4-2-3-7-18-15/h2-8,12H,9-10H2,1H3. The number of methoxy groups -OCH3 is 1. The van der Waals surface area contributed by atoms with Crippen LogP contribution in [0.3, 0.4) is 0 Å². The van der Waals surface area contributed by atoms with Crippen LogP contribution in [-0.2, 0) is 0 Å². The van der Waals surface area contributed by atoms with Crippen molar-refractivity contribution in [1.29, 1.82) is 0 Å². The lowest BCUT2D eigenvalue weighted by Gasteiger charge is -2.38. The number of nitrogens with zero attached hydrogens (tertiary/aromatic N) is 2. The van der Waals surface area contributed by atoms with Gasteiger partial charge in [-0.3, -0.25) is 4.79 Å². The largest absolute Gasteiger partial charge is 0.497 e. The van der Waals surface area contributed by atoms with E-state index in [1.165, 1.54) is 0 Å². The van der Waals surface area contributed by atoms with Crippen molar-refractivity contribution in [3.63, 3.8) is 0 Å². The van der Waals surface area contributed by atoms with Crippen molar-refractivity contribution in [2.45, 2.75) is 6.10 Å². The molecule has 1 amide bonds. The number of carbonyl (C=O) groups is 1. The Kier molecular flexibility index (Phi) is 4.29. The van der Waals surface area contributed by atoms with Gasteiger partial charge >= 0.3 is 0 Å². The molecule has 5 nitrogen and oxygen atoms in total. The fourth-order valence-corrected chi connectivity index (χ4v) is 2.65. The van der Waals surface area contributed by atoms with Crippen LogP contribution in [0.15, 0.2) is 47.1 Å². The summed E-state index contributed by atoms with van der Waals surface area (Å²) in [5, 5.41) is 0. The smallest absolute Gasteiger partial charge is 0.255 e. The lowest BCUT2D eigenvalue weighted by atomic mass is 10.1. The van der Waals surface area contributed by atoms with E-state index in [0.29, 0.717) is 30.3 Å². The molecule has 1 aromatic heterocycles. The Labute approximate surface area is 137 Å². The molecule has 6 heteroatoms. The Morgan fingerprint density at radius 1 is 1.32 bits per heavy atom. The van der Waals surface area contributed by atoms with E-state index in [2.05, 4.69) is 20.9 Å². The molecule has 2 heterocycles. The first-order valence-corrected chi connectivity index (χ1v) is 7.67. The zero-order chi connectivity index (χ0) is 15.5. The number of ether oxygens (including phenoxy) is 2. The lowest BCUT2D eigenvalue weighted by molar-refractivity contribution is 0.0159. The van der Waals surface area contributed by atoms with Crippen LogP contribution in [0.1, 0.15) is 10.4 Å². The molecule has 1 aliphatic rings. The van der Waals surface area contributed by atoms with Crippen LogP contribution in [0.2, 0.25) is 0 Å². The fourth-order valence-electron chi connectivity index (χ4n) is 2.23. The van der Waals surface area contributed by atoms with Gasteiger partial charge in [0.2, 0.25) is 5.88 Å². The fraction of sp³-hybridized carbons (Fsp3) is 0.250. The highest BCUT2D eigenvalue weighted by molar-refractivity contribution is 9.10. The second-order valence-electron chi connectivity index (χ2n) is 4.96. The summed E-state index contributed by atoms with van der Waals surface area (Å²) >= 11 is 3.41. The Bertz CT molecular complexity index is 672. The average Bonchev–Trinajstić information content (AvgIpc) is 2.51. The Morgan fingerprint density at radius 2 is 2.14 bits per heavy atom. The highest BCUT2D eigenvalue weighted by Crippen LogP contribution is 2.26. The topological polar surface area (TPSA) is 51.7 Å². The summed E-state index contributed by atoms with van der Waals surface area (Å²) in [5.74, 6) is 1.21. The van der Waals surface area contributed by atoms with Crippen LogP contribution >= 0.6 is 15.9 Å². The first-order chi connectivity index (χ1) is 10.7. The molecule has 2 aromatic rings. The highest BCUT2D eigenvalue weighted by Gasteiger charge is 2.33. The van der Waals surface area contributed by atoms with E-state index in [1.54, 1.807) is 24.3 Å². The molecule has 0 N–H and O–H groups in total. The van der Waals surface area contributed by atoms with E-state index in [9.17, 15) is 4.79 Å². The number of benzene rings is 1. The second-order valence-corrected chi connectivity index (χ2v) is 5.82. The summed E-state index contributed by atoms with van der Waals surface area (Å²) in [6, 6.07) is 10.9. The number of hydrogen-bond donors (Lipinski definition) is 0. The molecule has 1 fully saturated rings. The minimum atomic E-state index is -0.0355. The number of likely N-dealkylation sites (tertiary alicyclic amines) is 1. The SMILES string of the molecule is COc1ccc(Br)c(C(=O)N2CC(Oc3ccccn3)C2)c1. The summed E-state index contributed by atoms with van der Waals surface area (Å²) in [6.07, 6.45) is 1.67. The maximum absolute atomic E-state index is 12.5. The molecule has 0 radical (unpaired) electrons. The summed E-state index contributed by atoms with van der Waals surface area (Å²) < 4.78 is 11.6. The van der Waals surface area contributed by atoms with Crippen LogP contribution in [-0.4, -0.2) is 42.1 Å². The molecule has 114 valence electrons. The van der Waals surface area contributed by atoms with E-state index in [1.807, 2.05) is 30.3 Å². The minimum Gasteiger partial charge on any atom is -0.497 e. The number of pyridine rings is 1. The zero-order valence-electron chi connectivity index (χ0n) is 12.0. The zero-order valence-corrected chi connectivity index (χ0v) is 13.6. The summed E-state index contributed by atoms with van der Waals surface area (Å²) in [4.78, 5) is 18.3. The number of rotatable bonds is 4. The molecule has 1 aromatic carbocycles. The van der Waals surface area contributed by atoms with E-state index in [4.69, 9.17) is 9.47 Å². The molecule has 0 unspecified atom stereocenters. The van der Waals surface area contributed by atoms with Gasteiger partial charge in [-0.1, -0.05) is 6.07 Å². The third-order valence-corrected chi connectivity index (χ3v) is 4.16. The lowest BCUT2D eigenvalue weighted by Crippen LogP contribution is -2.56. The molecular formula is C16H15BrN2O3. The Morgan fingerprint density at radius 3 is 2.82 bits per heavy atom. The normalized spacial score (nSPS) is 14.4. The van der Waals surface area contributed by atoms with E-state index in [0.717, 1.165) is 4.47 Å². The first kappa shape index (κ1) is 14.8. The van der Waals surface area contributed by atoms with Crippen molar-refractivity contribution in [2.24, 2.45) is 0 Å². The predicted octanol–water partition coefficient (Wildman–Crippen LogP) is 2.76. The van der Waals surface area contributed by atoms with Crippen molar-refractivity contribution in [1.82, 2.24) is 9.88 Å². The number of carbonyl (C=O) groups excluding carboxylic acids is 1. The van der Waals surface area contributed by atoms with Gasteiger partial charge < -0.3 is 14.4 Å². The quantitative estimate of drug-likeness (QED) is 0.838. The van der Waals surface area contributed by atoms with Crippen molar-refractivity contribution < 1.29 is 14.3 Å². The summed E-state index contributed by atoms with van der Waals surface area (Å²) in [7, 11) is 1.58. The Hall–Kier alpha value is -2.08. The highest BCUT2D eigenvalue weighted by atomic mass is 79.9. The molecule has 1 saturated heterocycles. The van der Waals surface area contributed by atoms with Crippen molar-refractivity contribution >= 4 is 21.8 Å². The molecule has 0 bridgehead atoms. The van der Waals surface area contributed by atoms with E-state index in [-0.39, 0.29) is 12.0 Å². The van der Waals surface area contributed by atoms with Gasteiger partial charge in [-0.2, -0.15) is 0 Å². The predicted molar refractivity (Wildman–Crippen MR) is 85.3 cm³/mol.